The first-order valence-corrected chi connectivity index (χ1v) is 5.88. The van der Waals surface area contributed by atoms with Crippen LogP contribution in [0.3, 0.4) is 0 Å². The average molecular weight is 424 g/mol. The van der Waals surface area contributed by atoms with E-state index >= 15 is 0 Å². The van der Waals surface area contributed by atoms with Crippen molar-refractivity contribution < 1.29 is 71.4 Å². The predicted octanol–water partition coefficient (Wildman–Crippen LogP) is 4.93. The number of carboxylic acid groups (broad SMARTS) is 1. The molecule has 0 radical (unpaired) electrons. The molecule has 0 aliphatic rings. The van der Waals surface area contributed by atoms with Gasteiger partial charge in [0.1, 0.15) is 0 Å². The molecule has 2 nitrogen and oxygen atoms in total. The summed E-state index contributed by atoms with van der Waals surface area (Å²) in [7, 11) is 0. The lowest BCUT2D eigenvalue weighted by atomic mass is 9.83. The van der Waals surface area contributed by atoms with Crippen molar-refractivity contribution in [3.05, 3.63) is 0 Å². The lowest BCUT2D eigenvalue weighted by molar-refractivity contribution is -0.430. The average Bonchev–Trinajstić information content (AvgIpc) is 2.43. The third-order valence-electron chi connectivity index (χ3n) is 3.28. The van der Waals surface area contributed by atoms with E-state index < -0.39 is 53.8 Å². The van der Waals surface area contributed by atoms with Gasteiger partial charge < -0.3 is 5.11 Å². The Morgan fingerprint density at radius 1 is 0.654 bits per heavy atom. The van der Waals surface area contributed by atoms with E-state index in [9.17, 15) is 66.3 Å². The number of hydrogen-bond acceptors (Lipinski definition) is 1. The van der Waals surface area contributed by atoms with Crippen LogP contribution in [-0.2, 0) is 4.79 Å². The Morgan fingerprint density at radius 2 is 0.962 bits per heavy atom. The van der Waals surface area contributed by atoms with E-state index in [0.717, 1.165) is 0 Å². The highest BCUT2D eigenvalue weighted by Gasteiger charge is 2.92. The molecule has 156 valence electrons. The van der Waals surface area contributed by atoms with Crippen molar-refractivity contribution in [1.82, 2.24) is 0 Å². The highest BCUT2D eigenvalue weighted by atomic mass is 19.4. The molecule has 0 saturated heterocycles. The van der Waals surface area contributed by atoms with Gasteiger partial charge >= 0.3 is 41.8 Å². The van der Waals surface area contributed by atoms with Gasteiger partial charge in [-0.2, -0.15) is 57.1 Å². The van der Waals surface area contributed by atoms with Gasteiger partial charge in [0.05, 0.1) is 0 Å². The van der Waals surface area contributed by atoms with Gasteiger partial charge in [-0.3, -0.25) is 0 Å². The van der Waals surface area contributed by atoms with E-state index in [-0.39, 0.29) is 6.92 Å². The lowest BCUT2D eigenvalue weighted by Gasteiger charge is -2.43. The standard InChI is InChI=1S/C10H6F14O2/c1-2-4(11,10(22,23)24)6(14,15)8(18,19)9(20,21)7(16,17)5(12,13)3(25)26/h2H2,1H3,(H,25,26). The molecular formula is C10H6F14O2. The molecule has 0 aromatic rings. The second-order valence-electron chi connectivity index (χ2n) is 4.83. The molecule has 0 saturated carbocycles. The van der Waals surface area contributed by atoms with Crippen molar-refractivity contribution in [2.75, 3.05) is 0 Å². The third-order valence-corrected chi connectivity index (χ3v) is 3.28. The summed E-state index contributed by atoms with van der Waals surface area (Å²) in [5.74, 6) is -43.1. The van der Waals surface area contributed by atoms with Crippen molar-refractivity contribution in [3.8, 4) is 0 Å². The zero-order valence-corrected chi connectivity index (χ0v) is 11.9. The molecule has 0 aliphatic carbocycles. The molecule has 16 heteroatoms. The Morgan fingerprint density at radius 3 is 1.19 bits per heavy atom. The molecule has 0 aliphatic heterocycles. The molecule has 1 atom stereocenters. The maximum atomic E-state index is 13.4. The van der Waals surface area contributed by atoms with Gasteiger partial charge in [0.15, 0.2) is 0 Å². The highest BCUT2D eigenvalue weighted by molar-refractivity contribution is 5.77. The van der Waals surface area contributed by atoms with Crippen LogP contribution in [-0.4, -0.2) is 52.5 Å². The monoisotopic (exact) mass is 424 g/mol. The van der Waals surface area contributed by atoms with Crippen LogP contribution in [0.1, 0.15) is 13.3 Å². The summed E-state index contributed by atoms with van der Waals surface area (Å²) in [5.41, 5.74) is -6.54. The molecule has 0 fully saturated rings. The largest absolute Gasteiger partial charge is 0.477 e. The zero-order chi connectivity index (χ0) is 21.8. The van der Waals surface area contributed by atoms with Crippen molar-refractivity contribution in [2.24, 2.45) is 0 Å². The van der Waals surface area contributed by atoms with E-state index in [4.69, 9.17) is 5.11 Å². The minimum Gasteiger partial charge on any atom is -0.477 e. The SMILES string of the molecule is CCC(F)(C(F)(F)F)C(F)(F)C(F)(F)C(F)(F)C(F)(F)C(F)(F)C(=O)O. The van der Waals surface area contributed by atoms with Crippen LogP contribution >= 0.6 is 0 Å². The predicted molar refractivity (Wildman–Crippen MR) is 52.6 cm³/mol. The second kappa shape index (κ2) is 6.00. The van der Waals surface area contributed by atoms with Gasteiger partial charge in [0.25, 0.3) is 5.67 Å². The Bertz CT molecular complexity index is 550. The van der Waals surface area contributed by atoms with Crippen molar-refractivity contribution in [2.45, 2.75) is 54.8 Å². The van der Waals surface area contributed by atoms with Crippen molar-refractivity contribution >= 4 is 5.97 Å². The molecule has 0 aromatic heterocycles. The fourth-order valence-corrected chi connectivity index (χ4v) is 1.58. The number of hydrogen-bond donors (Lipinski definition) is 1. The molecule has 0 heterocycles. The first kappa shape index (κ1) is 24.5. The Hall–Kier alpha value is -1.51. The number of carbonyl (C=O) groups is 1. The molecule has 0 spiro atoms. The molecule has 0 bridgehead atoms. The lowest BCUT2D eigenvalue weighted by Crippen LogP contribution is -2.74. The minimum absolute atomic E-state index is 0.195. The normalized spacial score (nSPS) is 17.8. The van der Waals surface area contributed by atoms with E-state index in [1.54, 1.807) is 0 Å². The number of halogens is 14. The number of carboxylic acids is 1. The van der Waals surface area contributed by atoms with E-state index in [2.05, 4.69) is 0 Å². The van der Waals surface area contributed by atoms with Gasteiger partial charge in [-0.05, 0) is 6.42 Å². The summed E-state index contributed by atoms with van der Waals surface area (Å²) >= 11 is 0. The molecule has 0 amide bonds. The van der Waals surface area contributed by atoms with Gasteiger partial charge in [0, 0.05) is 0 Å². The van der Waals surface area contributed by atoms with Crippen LogP contribution in [0.5, 0.6) is 0 Å². The molecular weight excluding hydrogens is 418 g/mol. The first-order valence-electron chi connectivity index (χ1n) is 5.88. The zero-order valence-electron chi connectivity index (χ0n) is 11.9. The second-order valence-corrected chi connectivity index (χ2v) is 4.83. The molecule has 26 heavy (non-hydrogen) atoms. The van der Waals surface area contributed by atoms with Crippen LogP contribution < -0.4 is 0 Å². The molecule has 1 N–H and O–H groups in total. The van der Waals surface area contributed by atoms with Crippen LogP contribution in [0, 0.1) is 0 Å². The van der Waals surface area contributed by atoms with Gasteiger partial charge in [0.2, 0.25) is 0 Å². The van der Waals surface area contributed by atoms with Crippen LogP contribution in [0.15, 0.2) is 0 Å². The maximum Gasteiger partial charge on any atom is 0.428 e. The van der Waals surface area contributed by atoms with Crippen LogP contribution in [0.25, 0.3) is 0 Å². The van der Waals surface area contributed by atoms with Crippen molar-refractivity contribution in [3.63, 3.8) is 0 Å². The summed E-state index contributed by atoms with van der Waals surface area (Å²) in [6.45, 7) is -0.195. The van der Waals surface area contributed by atoms with Gasteiger partial charge in [-0.25, -0.2) is 9.18 Å². The van der Waals surface area contributed by atoms with E-state index in [0.29, 0.717) is 0 Å². The number of alkyl halides is 14. The van der Waals surface area contributed by atoms with Crippen LogP contribution in [0.4, 0.5) is 61.5 Å². The smallest absolute Gasteiger partial charge is 0.428 e. The summed E-state index contributed by atoms with van der Waals surface area (Å²) < 4.78 is 181. The summed E-state index contributed by atoms with van der Waals surface area (Å²) in [6, 6.07) is 0. The quantitative estimate of drug-likeness (QED) is 0.589. The van der Waals surface area contributed by atoms with Gasteiger partial charge in [-0.1, -0.05) is 6.92 Å². The fourth-order valence-electron chi connectivity index (χ4n) is 1.58. The Kier molecular flexibility index (Phi) is 5.65. The summed E-state index contributed by atoms with van der Waals surface area (Å²) in [6.07, 6.45) is -9.72. The topological polar surface area (TPSA) is 37.3 Å². The first-order chi connectivity index (χ1) is 11.0. The van der Waals surface area contributed by atoms with Crippen LogP contribution in [0.2, 0.25) is 0 Å². The highest BCUT2D eigenvalue weighted by Crippen LogP contribution is 2.62. The number of rotatable bonds is 7. The van der Waals surface area contributed by atoms with Gasteiger partial charge in [-0.15, -0.1) is 0 Å². The van der Waals surface area contributed by atoms with E-state index in [1.165, 1.54) is 0 Å². The van der Waals surface area contributed by atoms with E-state index in [1.807, 2.05) is 0 Å². The fraction of sp³-hybridized carbons (Fsp3) is 0.900. The molecule has 1 unspecified atom stereocenters. The summed E-state index contributed by atoms with van der Waals surface area (Å²) in [4.78, 5) is 9.85. The minimum atomic E-state index is -8.12. The Balaban J connectivity index is 6.67. The summed E-state index contributed by atoms with van der Waals surface area (Å²) in [5, 5.41) is 7.69. The molecule has 0 aromatic carbocycles. The van der Waals surface area contributed by atoms with Crippen molar-refractivity contribution in [1.29, 1.82) is 0 Å². The Labute approximate surface area is 133 Å². The number of aliphatic carboxylic acids is 1. The molecule has 0 rings (SSSR count). The maximum absolute atomic E-state index is 13.4. The third kappa shape index (κ3) is 2.75.